The Bertz CT molecular complexity index is 769. The van der Waals surface area contributed by atoms with Gasteiger partial charge in [0.1, 0.15) is 11.4 Å². The van der Waals surface area contributed by atoms with E-state index in [9.17, 15) is 9.90 Å². The number of aromatic hydroxyl groups is 1. The molecule has 0 aliphatic carbocycles. The molecular formula is C15H11N3O2. The highest BCUT2D eigenvalue weighted by Gasteiger charge is 2.09. The van der Waals surface area contributed by atoms with E-state index < -0.39 is 0 Å². The summed E-state index contributed by atoms with van der Waals surface area (Å²) in [6.07, 6.45) is 1.44. The number of carbonyl (C=O) groups is 1. The quantitative estimate of drug-likeness (QED) is 0.698. The van der Waals surface area contributed by atoms with Crippen LogP contribution in [0.5, 0.6) is 5.75 Å². The average Bonchev–Trinajstić information content (AvgIpc) is 2.49. The molecule has 1 heterocycles. The first-order valence-electron chi connectivity index (χ1n) is 6.04. The van der Waals surface area contributed by atoms with Crippen molar-refractivity contribution in [1.29, 1.82) is 0 Å². The molecule has 3 aromatic rings. The van der Waals surface area contributed by atoms with E-state index in [2.05, 4.69) is 15.3 Å². The summed E-state index contributed by atoms with van der Waals surface area (Å²) in [6.45, 7) is 0. The van der Waals surface area contributed by atoms with Gasteiger partial charge in [-0.15, -0.1) is 0 Å². The second kappa shape index (κ2) is 4.97. The van der Waals surface area contributed by atoms with Gasteiger partial charge in [0.15, 0.2) is 0 Å². The Hall–Kier alpha value is -2.95. The molecular weight excluding hydrogens is 254 g/mol. The van der Waals surface area contributed by atoms with Crippen molar-refractivity contribution in [2.45, 2.75) is 0 Å². The number of benzene rings is 2. The fourth-order valence-electron chi connectivity index (χ4n) is 1.81. The minimum atomic E-state index is -0.339. The van der Waals surface area contributed by atoms with E-state index in [4.69, 9.17) is 0 Å². The zero-order valence-corrected chi connectivity index (χ0v) is 10.4. The van der Waals surface area contributed by atoms with Crippen molar-refractivity contribution in [3.63, 3.8) is 0 Å². The molecule has 1 amide bonds. The fourth-order valence-corrected chi connectivity index (χ4v) is 1.81. The van der Waals surface area contributed by atoms with Crippen LogP contribution in [0.1, 0.15) is 10.5 Å². The monoisotopic (exact) mass is 265 g/mol. The number of aromatic nitrogens is 2. The second-order valence-corrected chi connectivity index (χ2v) is 4.24. The molecule has 0 fully saturated rings. The van der Waals surface area contributed by atoms with Gasteiger partial charge >= 0.3 is 0 Å². The van der Waals surface area contributed by atoms with Crippen molar-refractivity contribution in [3.05, 3.63) is 60.4 Å². The molecule has 0 aliphatic rings. The molecule has 0 unspecified atom stereocenters. The van der Waals surface area contributed by atoms with Gasteiger partial charge in [-0.05, 0) is 36.4 Å². The molecule has 5 nitrogen and oxygen atoms in total. The standard InChI is InChI=1S/C15H11N3O2/c19-11-7-5-10(6-8-11)17-15(20)14-9-16-12-3-1-2-4-13(12)18-14/h1-9,19H,(H,17,20). The molecule has 2 aromatic carbocycles. The summed E-state index contributed by atoms with van der Waals surface area (Å²) < 4.78 is 0. The Balaban J connectivity index is 1.86. The van der Waals surface area contributed by atoms with Crippen molar-refractivity contribution in [3.8, 4) is 5.75 Å². The number of phenols is 1. The summed E-state index contributed by atoms with van der Waals surface area (Å²) in [4.78, 5) is 20.5. The number of para-hydroxylation sites is 2. The third kappa shape index (κ3) is 2.42. The van der Waals surface area contributed by atoms with Gasteiger partial charge < -0.3 is 10.4 Å². The normalized spacial score (nSPS) is 10.4. The number of nitrogens with zero attached hydrogens (tertiary/aromatic N) is 2. The van der Waals surface area contributed by atoms with Gasteiger partial charge in [0, 0.05) is 5.69 Å². The lowest BCUT2D eigenvalue weighted by Crippen LogP contribution is -2.14. The Morgan fingerprint density at radius 2 is 1.70 bits per heavy atom. The van der Waals surface area contributed by atoms with Crippen LogP contribution in [0.25, 0.3) is 11.0 Å². The van der Waals surface area contributed by atoms with Crippen LogP contribution in [0.4, 0.5) is 5.69 Å². The lowest BCUT2D eigenvalue weighted by molar-refractivity contribution is 0.102. The van der Waals surface area contributed by atoms with Crippen LogP contribution in [0.15, 0.2) is 54.7 Å². The number of hydrogen-bond donors (Lipinski definition) is 2. The first kappa shape index (κ1) is 12.1. The highest BCUT2D eigenvalue weighted by atomic mass is 16.3. The minimum Gasteiger partial charge on any atom is -0.508 e. The SMILES string of the molecule is O=C(Nc1ccc(O)cc1)c1cnc2ccccc2n1. The van der Waals surface area contributed by atoms with Gasteiger partial charge in [-0.3, -0.25) is 9.78 Å². The summed E-state index contributed by atoms with van der Waals surface area (Å²) in [5.41, 5.74) is 2.25. The van der Waals surface area contributed by atoms with Crippen molar-refractivity contribution < 1.29 is 9.90 Å². The lowest BCUT2D eigenvalue weighted by Gasteiger charge is -2.05. The van der Waals surface area contributed by atoms with E-state index in [1.807, 2.05) is 18.2 Å². The maximum absolute atomic E-state index is 12.1. The Morgan fingerprint density at radius 1 is 1.00 bits per heavy atom. The van der Waals surface area contributed by atoms with Gasteiger partial charge in [0.05, 0.1) is 17.2 Å². The van der Waals surface area contributed by atoms with E-state index in [1.165, 1.54) is 18.3 Å². The van der Waals surface area contributed by atoms with Gasteiger partial charge in [-0.25, -0.2) is 4.98 Å². The molecule has 0 bridgehead atoms. The Morgan fingerprint density at radius 3 is 2.45 bits per heavy atom. The molecule has 1 aromatic heterocycles. The maximum Gasteiger partial charge on any atom is 0.275 e. The molecule has 2 N–H and O–H groups in total. The van der Waals surface area contributed by atoms with Crippen molar-refractivity contribution in [2.75, 3.05) is 5.32 Å². The summed E-state index contributed by atoms with van der Waals surface area (Å²) in [7, 11) is 0. The van der Waals surface area contributed by atoms with E-state index >= 15 is 0 Å². The molecule has 0 atom stereocenters. The second-order valence-electron chi connectivity index (χ2n) is 4.24. The molecule has 98 valence electrons. The number of amides is 1. The van der Waals surface area contributed by atoms with Crippen LogP contribution < -0.4 is 5.32 Å². The van der Waals surface area contributed by atoms with Crippen LogP contribution in [0.3, 0.4) is 0 Å². The molecule has 0 spiro atoms. The summed E-state index contributed by atoms with van der Waals surface area (Å²) in [5, 5.41) is 11.9. The number of nitrogens with one attached hydrogen (secondary N) is 1. The topological polar surface area (TPSA) is 75.1 Å². The van der Waals surface area contributed by atoms with Crippen LogP contribution in [-0.4, -0.2) is 21.0 Å². The minimum absolute atomic E-state index is 0.147. The summed E-state index contributed by atoms with van der Waals surface area (Å²) >= 11 is 0. The molecule has 0 aliphatic heterocycles. The van der Waals surface area contributed by atoms with E-state index in [1.54, 1.807) is 18.2 Å². The van der Waals surface area contributed by atoms with Crippen LogP contribution in [0, 0.1) is 0 Å². The fraction of sp³-hybridized carbons (Fsp3) is 0. The Labute approximate surface area is 114 Å². The van der Waals surface area contributed by atoms with Crippen LogP contribution >= 0.6 is 0 Å². The number of anilines is 1. The van der Waals surface area contributed by atoms with E-state index in [0.717, 1.165) is 5.52 Å². The predicted octanol–water partition coefficient (Wildman–Crippen LogP) is 2.59. The van der Waals surface area contributed by atoms with Gasteiger partial charge in [0.2, 0.25) is 0 Å². The average molecular weight is 265 g/mol. The van der Waals surface area contributed by atoms with Crippen molar-refractivity contribution in [1.82, 2.24) is 9.97 Å². The molecule has 0 saturated heterocycles. The van der Waals surface area contributed by atoms with Crippen LogP contribution in [0.2, 0.25) is 0 Å². The smallest absolute Gasteiger partial charge is 0.275 e. The third-order valence-corrected chi connectivity index (χ3v) is 2.81. The maximum atomic E-state index is 12.1. The lowest BCUT2D eigenvalue weighted by atomic mass is 10.2. The molecule has 3 rings (SSSR count). The zero-order chi connectivity index (χ0) is 13.9. The predicted molar refractivity (Wildman–Crippen MR) is 75.6 cm³/mol. The molecule has 0 saturated carbocycles. The highest BCUT2D eigenvalue weighted by Crippen LogP contribution is 2.15. The zero-order valence-electron chi connectivity index (χ0n) is 10.4. The first-order valence-corrected chi connectivity index (χ1v) is 6.04. The first-order chi connectivity index (χ1) is 9.72. The highest BCUT2D eigenvalue weighted by molar-refractivity contribution is 6.03. The summed E-state index contributed by atoms with van der Waals surface area (Å²) in [6, 6.07) is 13.6. The molecule has 0 radical (unpaired) electrons. The van der Waals surface area contributed by atoms with Gasteiger partial charge in [-0.2, -0.15) is 0 Å². The molecule has 5 heteroatoms. The molecule has 20 heavy (non-hydrogen) atoms. The van der Waals surface area contributed by atoms with Crippen molar-refractivity contribution in [2.24, 2.45) is 0 Å². The van der Waals surface area contributed by atoms with Crippen molar-refractivity contribution >= 4 is 22.6 Å². The number of fused-ring (bicyclic) bond motifs is 1. The van der Waals surface area contributed by atoms with E-state index in [0.29, 0.717) is 11.2 Å². The third-order valence-electron chi connectivity index (χ3n) is 2.81. The summed E-state index contributed by atoms with van der Waals surface area (Å²) in [5.74, 6) is -0.192. The van der Waals surface area contributed by atoms with Gasteiger partial charge in [0.25, 0.3) is 5.91 Å². The van der Waals surface area contributed by atoms with E-state index in [-0.39, 0.29) is 17.4 Å². The van der Waals surface area contributed by atoms with Gasteiger partial charge in [-0.1, -0.05) is 12.1 Å². The Kier molecular flexibility index (Phi) is 3.01. The van der Waals surface area contributed by atoms with Crippen LogP contribution in [-0.2, 0) is 0 Å². The number of rotatable bonds is 2. The largest absolute Gasteiger partial charge is 0.508 e. The number of hydrogen-bond acceptors (Lipinski definition) is 4. The number of carbonyl (C=O) groups excluding carboxylic acids is 1. The number of phenolic OH excluding ortho intramolecular Hbond substituents is 1.